The van der Waals surface area contributed by atoms with Crippen molar-refractivity contribution in [2.75, 3.05) is 13.7 Å². The SMILES string of the molecule is COC(C)C(=O)NCC(Cc1ccc2ccccc2c1)C(=O)O. The minimum atomic E-state index is -0.927. The summed E-state index contributed by atoms with van der Waals surface area (Å²) in [7, 11) is 1.44. The van der Waals surface area contributed by atoms with Gasteiger partial charge in [0.15, 0.2) is 0 Å². The zero-order chi connectivity index (χ0) is 16.8. The average Bonchev–Trinajstić information content (AvgIpc) is 2.57. The van der Waals surface area contributed by atoms with E-state index in [1.54, 1.807) is 6.92 Å². The molecule has 2 atom stereocenters. The van der Waals surface area contributed by atoms with Gasteiger partial charge in [0.1, 0.15) is 6.10 Å². The first-order valence-electron chi connectivity index (χ1n) is 7.52. The summed E-state index contributed by atoms with van der Waals surface area (Å²) >= 11 is 0. The maximum atomic E-state index is 11.7. The number of carboxylic acid groups (broad SMARTS) is 1. The quantitative estimate of drug-likeness (QED) is 0.821. The van der Waals surface area contributed by atoms with E-state index in [2.05, 4.69) is 5.32 Å². The first kappa shape index (κ1) is 17.0. The Bertz CT molecular complexity index is 698. The molecule has 0 aliphatic heterocycles. The molecule has 2 rings (SSSR count). The molecule has 0 radical (unpaired) electrons. The second-order valence-electron chi connectivity index (χ2n) is 5.54. The zero-order valence-electron chi connectivity index (χ0n) is 13.3. The summed E-state index contributed by atoms with van der Waals surface area (Å²) in [5, 5.41) is 14.2. The molecular weight excluding hydrogens is 294 g/mol. The monoisotopic (exact) mass is 315 g/mol. The summed E-state index contributed by atoms with van der Waals surface area (Å²) in [6, 6.07) is 13.8. The molecule has 0 heterocycles. The number of ether oxygens (including phenoxy) is 1. The summed E-state index contributed by atoms with van der Waals surface area (Å²) in [5.41, 5.74) is 0.935. The van der Waals surface area contributed by atoms with Gasteiger partial charge in [0.2, 0.25) is 5.91 Å². The van der Waals surface area contributed by atoms with Gasteiger partial charge in [0, 0.05) is 13.7 Å². The summed E-state index contributed by atoms with van der Waals surface area (Å²) in [4.78, 5) is 23.1. The second-order valence-corrected chi connectivity index (χ2v) is 5.54. The van der Waals surface area contributed by atoms with Crippen molar-refractivity contribution >= 4 is 22.6 Å². The number of amides is 1. The lowest BCUT2D eigenvalue weighted by molar-refractivity contribution is -0.141. The molecule has 2 aromatic rings. The molecular formula is C18H21NO4. The largest absolute Gasteiger partial charge is 0.481 e. The number of hydrogen-bond acceptors (Lipinski definition) is 3. The maximum absolute atomic E-state index is 11.7. The topological polar surface area (TPSA) is 75.6 Å². The Hall–Kier alpha value is -2.40. The van der Waals surface area contributed by atoms with E-state index in [4.69, 9.17) is 4.74 Å². The van der Waals surface area contributed by atoms with E-state index in [0.29, 0.717) is 6.42 Å². The van der Waals surface area contributed by atoms with Crippen LogP contribution in [0.25, 0.3) is 10.8 Å². The van der Waals surface area contributed by atoms with E-state index in [1.165, 1.54) is 7.11 Å². The summed E-state index contributed by atoms with van der Waals surface area (Å²) in [6.07, 6.45) is -0.230. The van der Waals surface area contributed by atoms with Crippen LogP contribution in [-0.4, -0.2) is 36.7 Å². The van der Waals surface area contributed by atoms with E-state index in [1.807, 2.05) is 42.5 Å². The van der Waals surface area contributed by atoms with Crippen molar-refractivity contribution in [2.24, 2.45) is 5.92 Å². The fourth-order valence-corrected chi connectivity index (χ4v) is 2.37. The Kier molecular flexibility index (Phi) is 5.71. The van der Waals surface area contributed by atoms with Crippen LogP contribution in [0.2, 0.25) is 0 Å². The lowest BCUT2D eigenvalue weighted by Gasteiger charge is -2.16. The minimum absolute atomic E-state index is 0.0781. The predicted molar refractivity (Wildman–Crippen MR) is 88.3 cm³/mol. The van der Waals surface area contributed by atoms with Crippen molar-refractivity contribution in [3.63, 3.8) is 0 Å². The number of nitrogens with one attached hydrogen (secondary N) is 1. The number of carbonyl (C=O) groups excluding carboxylic acids is 1. The Morgan fingerprint density at radius 3 is 2.52 bits per heavy atom. The van der Waals surface area contributed by atoms with E-state index >= 15 is 0 Å². The van der Waals surface area contributed by atoms with Gasteiger partial charge in [-0.1, -0.05) is 42.5 Å². The van der Waals surface area contributed by atoms with E-state index in [-0.39, 0.29) is 12.5 Å². The second kappa shape index (κ2) is 7.74. The normalized spacial score (nSPS) is 13.5. The molecule has 2 unspecified atom stereocenters. The van der Waals surface area contributed by atoms with Crippen molar-refractivity contribution in [3.8, 4) is 0 Å². The number of benzene rings is 2. The Labute approximate surface area is 135 Å². The molecule has 5 heteroatoms. The molecule has 0 spiro atoms. The van der Waals surface area contributed by atoms with Crippen LogP contribution in [-0.2, 0) is 20.7 Å². The molecule has 0 saturated heterocycles. The summed E-state index contributed by atoms with van der Waals surface area (Å²) < 4.78 is 4.91. The number of carbonyl (C=O) groups is 2. The maximum Gasteiger partial charge on any atom is 0.308 e. The van der Waals surface area contributed by atoms with E-state index in [9.17, 15) is 14.7 Å². The number of aliphatic carboxylic acids is 1. The van der Waals surface area contributed by atoms with Gasteiger partial charge in [-0.25, -0.2) is 0 Å². The van der Waals surface area contributed by atoms with E-state index in [0.717, 1.165) is 16.3 Å². The molecule has 5 nitrogen and oxygen atoms in total. The highest BCUT2D eigenvalue weighted by atomic mass is 16.5. The Balaban J connectivity index is 2.06. The van der Waals surface area contributed by atoms with Crippen LogP contribution in [0.15, 0.2) is 42.5 Å². The van der Waals surface area contributed by atoms with Gasteiger partial charge < -0.3 is 15.2 Å². The molecule has 0 bridgehead atoms. The molecule has 0 aliphatic rings. The molecule has 0 aliphatic carbocycles. The highest BCUT2D eigenvalue weighted by molar-refractivity contribution is 5.83. The van der Waals surface area contributed by atoms with Crippen molar-refractivity contribution in [1.29, 1.82) is 0 Å². The number of fused-ring (bicyclic) bond motifs is 1. The Morgan fingerprint density at radius 1 is 1.17 bits per heavy atom. The summed E-state index contributed by atoms with van der Waals surface area (Å²) in [6.45, 7) is 1.70. The predicted octanol–water partition coefficient (Wildman–Crippen LogP) is 2.23. The Morgan fingerprint density at radius 2 is 1.87 bits per heavy atom. The standard InChI is InChI=1S/C18H21NO4/c1-12(23-2)17(20)19-11-16(18(21)22)10-13-7-8-14-5-3-4-6-15(14)9-13/h3-9,12,16H,10-11H2,1-2H3,(H,19,20)(H,21,22). The van der Waals surface area contributed by atoms with Gasteiger partial charge in [0.05, 0.1) is 5.92 Å². The number of carboxylic acids is 1. The highest BCUT2D eigenvalue weighted by Crippen LogP contribution is 2.18. The molecule has 1 amide bonds. The molecule has 2 N–H and O–H groups in total. The lowest BCUT2D eigenvalue weighted by atomic mass is 9.97. The van der Waals surface area contributed by atoms with Crippen LogP contribution in [0.3, 0.4) is 0 Å². The van der Waals surface area contributed by atoms with Gasteiger partial charge in [-0.05, 0) is 29.7 Å². The van der Waals surface area contributed by atoms with E-state index < -0.39 is 18.0 Å². The average molecular weight is 315 g/mol. The van der Waals surface area contributed by atoms with Gasteiger partial charge >= 0.3 is 5.97 Å². The van der Waals surface area contributed by atoms with Crippen LogP contribution in [0.1, 0.15) is 12.5 Å². The van der Waals surface area contributed by atoms with Gasteiger partial charge in [0.25, 0.3) is 0 Å². The van der Waals surface area contributed by atoms with Gasteiger partial charge in [-0.15, -0.1) is 0 Å². The number of methoxy groups -OCH3 is 1. The zero-order valence-corrected chi connectivity index (χ0v) is 13.3. The lowest BCUT2D eigenvalue weighted by Crippen LogP contribution is -2.39. The van der Waals surface area contributed by atoms with Crippen LogP contribution in [0, 0.1) is 5.92 Å². The van der Waals surface area contributed by atoms with Crippen LogP contribution in [0.5, 0.6) is 0 Å². The highest BCUT2D eigenvalue weighted by Gasteiger charge is 2.20. The number of rotatable bonds is 7. The van der Waals surface area contributed by atoms with Crippen molar-refractivity contribution < 1.29 is 19.4 Å². The fraction of sp³-hybridized carbons (Fsp3) is 0.333. The first-order chi connectivity index (χ1) is 11.0. The van der Waals surface area contributed by atoms with Crippen molar-refractivity contribution in [2.45, 2.75) is 19.4 Å². The molecule has 0 saturated carbocycles. The molecule has 2 aromatic carbocycles. The molecule has 0 fully saturated rings. The van der Waals surface area contributed by atoms with Gasteiger partial charge in [-0.3, -0.25) is 9.59 Å². The van der Waals surface area contributed by atoms with Gasteiger partial charge in [-0.2, -0.15) is 0 Å². The van der Waals surface area contributed by atoms with Crippen LogP contribution < -0.4 is 5.32 Å². The summed E-state index contributed by atoms with van der Waals surface area (Å²) in [5.74, 6) is -1.91. The smallest absolute Gasteiger partial charge is 0.308 e. The third-order valence-corrected chi connectivity index (χ3v) is 3.89. The molecule has 122 valence electrons. The first-order valence-corrected chi connectivity index (χ1v) is 7.52. The third kappa shape index (κ3) is 4.53. The molecule has 23 heavy (non-hydrogen) atoms. The number of hydrogen-bond donors (Lipinski definition) is 2. The van der Waals surface area contributed by atoms with Crippen LogP contribution in [0.4, 0.5) is 0 Å². The third-order valence-electron chi connectivity index (χ3n) is 3.89. The molecule has 0 aromatic heterocycles. The minimum Gasteiger partial charge on any atom is -0.481 e. The fourth-order valence-electron chi connectivity index (χ4n) is 2.37. The van der Waals surface area contributed by atoms with Crippen LogP contribution >= 0.6 is 0 Å². The van der Waals surface area contributed by atoms with Crippen molar-refractivity contribution in [1.82, 2.24) is 5.32 Å². The van der Waals surface area contributed by atoms with Crippen molar-refractivity contribution in [3.05, 3.63) is 48.0 Å².